The Hall–Kier alpha value is -1.10. The van der Waals surface area contributed by atoms with Gasteiger partial charge in [0.2, 0.25) is 11.8 Å². The molecule has 0 aromatic heterocycles. The zero-order valence-corrected chi connectivity index (χ0v) is 10.4. The van der Waals surface area contributed by atoms with E-state index in [0.29, 0.717) is 12.6 Å². The Kier molecular flexibility index (Phi) is 3.66. The smallest absolute Gasteiger partial charge is 0.236 e. The molecule has 0 radical (unpaired) electrons. The molecule has 1 saturated heterocycles. The summed E-state index contributed by atoms with van der Waals surface area (Å²) in [5.41, 5.74) is 5.38. The van der Waals surface area contributed by atoms with Crippen LogP contribution >= 0.6 is 0 Å². The largest absolute Gasteiger partial charge is 0.340 e. The maximum atomic E-state index is 11.7. The minimum atomic E-state index is -0.00556. The normalized spacial score (nSPS) is 24.6. The second-order valence-electron chi connectivity index (χ2n) is 5.00. The standard InChI is InChI=1S/C12H21N3O2/c1-9(16)15(10-4-5-10)11-3-2-6-14(8-11)12(17)7-13/h10-11H,2-8,13H2,1H3/t11-/m1/s1. The summed E-state index contributed by atoms with van der Waals surface area (Å²) in [6.07, 6.45) is 4.19. The van der Waals surface area contributed by atoms with Crippen molar-refractivity contribution in [2.24, 2.45) is 5.73 Å². The average molecular weight is 239 g/mol. The van der Waals surface area contributed by atoms with Crippen LogP contribution in [0.2, 0.25) is 0 Å². The van der Waals surface area contributed by atoms with E-state index in [9.17, 15) is 9.59 Å². The summed E-state index contributed by atoms with van der Waals surface area (Å²) in [5.74, 6) is 0.133. The van der Waals surface area contributed by atoms with Crippen LogP contribution in [0.3, 0.4) is 0 Å². The highest BCUT2D eigenvalue weighted by Crippen LogP contribution is 2.31. The topological polar surface area (TPSA) is 66.6 Å². The molecule has 2 N–H and O–H groups in total. The monoisotopic (exact) mass is 239 g/mol. The van der Waals surface area contributed by atoms with Crippen LogP contribution in [0.25, 0.3) is 0 Å². The molecule has 5 nitrogen and oxygen atoms in total. The van der Waals surface area contributed by atoms with Crippen molar-refractivity contribution in [3.63, 3.8) is 0 Å². The Morgan fingerprint density at radius 3 is 2.53 bits per heavy atom. The van der Waals surface area contributed by atoms with E-state index in [1.54, 1.807) is 11.8 Å². The number of hydrogen-bond acceptors (Lipinski definition) is 3. The quantitative estimate of drug-likeness (QED) is 0.750. The zero-order valence-electron chi connectivity index (χ0n) is 10.4. The van der Waals surface area contributed by atoms with Crippen LogP contribution in [-0.2, 0) is 9.59 Å². The Bertz CT molecular complexity index is 315. The molecule has 0 aromatic rings. The van der Waals surface area contributed by atoms with Gasteiger partial charge in [0.1, 0.15) is 0 Å². The van der Waals surface area contributed by atoms with Crippen molar-refractivity contribution >= 4 is 11.8 Å². The van der Waals surface area contributed by atoms with Gasteiger partial charge < -0.3 is 15.5 Å². The van der Waals surface area contributed by atoms with Gasteiger partial charge in [0.15, 0.2) is 0 Å². The molecule has 17 heavy (non-hydrogen) atoms. The lowest BCUT2D eigenvalue weighted by Gasteiger charge is -2.39. The summed E-state index contributed by atoms with van der Waals surface area (Å²) in [5, 5.41) is 0. The second-order valence-corrected chi connectivity index (χ2v) is 5.00. The summed E-state index contributed by atoms with van der Waals surface area (Å²) >= 11 is 0. The number of carbonyl (C=O) groups is 2. The van der Waals surface area contributed by atoms with E-state index in [1.807, 2.05) is 4.90 Å². The van der Waals surface area contributed by atoms with Crippen LogP contribution in [0.5, 0.6) is 0 Å². The van der Waals surface area contributed by atoms with Gasteiger partial charge in [0.05, 0.1) is 6.54 Å². The van der Waals surface area contributed by atoms with Crippen molar-refractivity contribution in [2.45, 2.75) is 44.7 Å². The summed E-state index contributed by atoms with van der Waals surface area (Å²) < 4.78 is 0. The average Bonchev–Trinajstić information content (AvgIpc) is 3.12. The molecule has 2 amide bonds. The maximum absolute atomic E-state index is 11.7. The lowest BCUT2D eigenvalue weighted by molar-refractivity contribution is -0.138. The fourth-order valence-electron chi connectivity index (χ4n) is 2.70. The molecule has 96 valence electrons. The molecule has 0 aromatic carbocycles. The summed E-state index contributed by atoms with van der Waals surface area (Å²) in [6.45, 7) is 3.13. The van der Waals surface area contributed by atoms with Crippen molar-refractivity contribution < 1.29 is 9.59 Å². The molecule has 2 aliphatic rings. The first-order valence-electron chi connectivity index (χ1n) is 6.40. The number of hydrogen-bond donors (Lipinski definition) is 1. The third-order valence-corrected chi connectivity index (χ3v) is 3.62. The van der Waals surface area contributed by atoms with Crippen LogP contribution in [0.4, 0.5) is 0 Å². The molecular formula is C12H21N3O2. The third kappa shape index (κ3) is 2.77. The molecule has 1 aliphatic heterocycles. The van der Waals surface area contributed by atoms with E-state index in [1.165, 1.54) is 0 Å². The van der Waals surface area contributed by atoms with Crippen molar-refractivity contribution in [1.29, 1.82) is 0 Å². The van der Waals surface area contributed by atoms with E-state index < -0.39 is 0 Å². The highest BCUT2D eigenvalue weighted by Gasteiger charge is 2.37. The van der Waals surface area contributed by atoms with Gasteiger partial charge >= 0.3 is 0 Å². The first kappa shape index (κ1) is 12.4. The molecule has 1 atom stereocenters. The number of piperidine rings is 1. The van der Waals surface area contributed by atoms with Crippen LogP contribution in [-0.4, -0.2) is 53.3 Å². The second kappa shape index (κ2) is 5.04. The van der Waals surface area contributed by atoms with Crippen molar-refractivity contribution in [2.75, 3.05) is 19.6 Å². The highest BCUT2D eigenvalue weighted by molar-refractivity contribution is 5.78. The molecule has 1 saturated carbocycles. The van der Waals surface area contributed by atoms with Crippen molar-refractivity contribution in [3.8, 4) is 0 Å². The molecule has 0 unspecified atom stereocenters. The summed E-state index contributed by atoms with van der Waals surface area (Å²) in [6, 6.07) is 0.620. The fourth-order valence-corrected chi connectivity index (χ4v) is 2.70. The van der Waals surface area contributed by atoms with Gasteiger partial charge in [-0.25, -0.2) is 0 Å². The van der Waals surface area contributed by atoms with Gasteiger partial charge in [0.25, 0.3) is 0 Å². The van der Waals surface area contributed by atoms with E-state index in [0.717, 1.165) is 32.2 Å². The van der Waals surface area contributed by atoms with E-state index in [-0.39, 0.29) is 24.4 Å². The first-order valence-corrected chi connectivity index (χ1v) is 6.40. The van der Waals surface area contributed by atoms with Crippen LogP contribution in [0, 0.1) is 0 Å². The molecule has 2 fully saturated rings. The summed E-state index contributed by atoms with van der Waals surface area (Å²) in [4.78, 5) is 27.0. The van der Waals surface area contributed by atoms with E-state index in [2.05, 4.69) is 0 Å². The number of carbonyl (C=O) groups excluding carboxylic acids is 2. The molecule has 1 aliphatic carbocycles. The van der Waals surface area contributed by atoms with Crippen molar-refractivity contribution in [1.82, 2.24) is 9.80 Å². The minimum Gasteiger partial charge on any atom is -0.340 e. The number of rotatable bonds is 3. The van der Waals surface area contributed by atoms with Crippen LogP contribution in [0.15, 0.2) is 0 Å². The summed E-state index contributed by atoms with van der Waals surface area (Å²) in [7, 11) is 0. The Morgan fingerprint density at radius 2 is 2.00 bits per heavy atom. The molecule has 0 spiro atoms. The minimum absolute atomic E-state index is 0.00556. The van der Waals surface area contributed by atoms with Gasteiger partial charge in [-0.2, -0.15) is 0 Å². The molecular weight excluding hydrogens is 218 g/mol. The highest BCUT2D eigenvalue weighted by atomic mass is 16.2. The maximum Gasteiger partial charge on any atom is 0.236 e. The molecule has 2 rings (SSSR count). The van der Waals surface area contributed by atoms with E-state index in [4.69, 9.17) is 5.73 Å². The van der Waals surface area contributed by atoms with Crippen LogP contribution in [0.1, 0.15) is 32.6 Å². The molecule has 5 heteroatoms. The SMILES string of the molecule is CC(=O)N(C1CC1)[C@@H]1CCCN(C(=O)CN)C1. The predicted octanol–water partition coefficient (Wildman–Crippen LogP) is -0.0530. The fraction of sp³-hybridized carbons (Fsp3) is 0.833. The van der Waals surface area contributed by atoms with Gasteiger partial charge in [0, 0.05) is 32.1 Å². The Morgan fingerprint density at radius 1 is 1.29 bits per heavy atom. The number of likely N-dealkylation sites (tertiary alicyclic amines) is 1. The molecule has 1 heterocycles. The Labute approximate surface area is 102 Å². The number of amides is 2. The van der Waals surface area contributed by atoms with Gasteiger partial charge in [-0.1, -0.05) is 0 Å². The number of nitrogens with zero attached hydrogens (tertiary/aromatic N) is 2. The lowest BCUT2D eigenvalue weighted by atomic mass is 10.0. The lowest BCUT2D eigenvalue weighted by Crippen LogP contribution is -2.53. The van der Waals surface area contributed by atoms with Crippen LogP contribution < -0.4 is 5.73 Å². The Balaban J connectivity index is 2.00. The van der Waals surface area contributed by atoms with Gasteiger partial charge in [-0.15, -0.1) is 0 Å². The predicted molar refractivity (Wildman–Crippen MR) is 64.2 cm³/mol. The first-order chi connectivity index (χ1) is 8.13. The zero-order chi connectivity index (χ0) is 12.4. The van der Waals surface area contributed by atoms with Gasteiger partial charge in [-0.3, -0.25) is 9.59 Å². The van der Waals surface area contributed by atoms with Gasteiger partial charge in [-0.05, 0) is 25.7 Å². The molecule has 0 bridgehead atoms. The number of nitrogens with two attached hydrogens (primary N) is 1. The third-order valence-electron chi connectivity index (χ3n) is 3.62. The van der Waals surface area contributed by atoms with Crippen molar-refractivity contribution in [3.05, 3.63) is 0 Å². The van der Waals surface area contributed by atoms with E-state index >= 15 is 0 Å².